The van der Waals surface area contributed by atoms with E-state index in [4.69, 9.17) is 0 Å². The number of ketones is 1. The molecule has 0 aliphatic carbocycles. The molecule has 1 aliphatic heterocycles. The van der Waals surface area contributed by atoms with Crippen LogP contribution in [-0.4, -0.2) is 41.7 Å². The summed E-state index contributed by atoms with van der Waals surface area (Å²) in [4.78, 5) is 40.0. The fourth-order valence-corrected chi connectivity index (χ4v) is 3.00. The van der Waals surface area contributed by atoms with Gasteiger partial charge in [-0.25, -0.2) is 0 Å². The average molecular weight is 366 g/mol. The number of hydrogen-bond acceptors (Lipinski definition) is 5. The van der Waals surface area contributed by atoms with Crippen molar-refractivity contribution in [1.29, 1.82) is 0 Å². The smallest absolute Gasteiger partial charge is 0.239 e. The standard InChI is InChI=1S/C20H22N4O3/c25-16-11-18(22-12-16)20(27)23-13-19(26)24-17(14-6-2-1-3-7-14)10-15-8-4-5-9-21-15/h1-9,17-18,22H,10-13H2,(H,23,27)(H,24,26)/t17?,18-/m0/s1. The number of amides is 2. The summed E-state index contributed by atoms with van der Waals surface area (Å²) in [6.45, 7) is 0.0567. The molecule has 2 amide bonds. The molecule has 2 aromatic rings. The van der Waals surface area contributed by atoms with Crippen molar-refractivity contribution in [2.45, 2.75) is 24.9 Å². The van der Waals surface area contributed by atoms with Gasteiger partial charge in [0.05, 0.1) is 25.2 Å². The highest BCUT2D eigenvalue weighted by Crippen LogP contribution is 2.17. The van der Waals surface area contributed by atoms with Crippen molar-refractivity contribution in [1.82, 2.24) is 20.9 Å². The van der Waals surface area contributed by atoms with E-state index in [9.17, 15) is 14.4 Å². The Morgan fingerprint density at radius 2 is 1.93 bits per heavy atom. The van der Waals surface area contributed by atoms with Crippen LogP contribution in [0.2, 0.25) is 0 Å². The first kappa shape index (κ1) is 18.7. The number of aromatic nitrogens is 1. The van der Waals surface area contributed by atoms with Crippen LogP contribution in [-0.2, 0) is 20.8 Å². The van der Waals surface area contributed by atoms with Crippen LogP contribution in [0.4, 0.5) is 0 Å². The van der Waals surface area contributed by atoms with Crippen molar-refractivity contribution in [3.8, 4) is 0 Å². The van der Waals surface area contributed by atoms with Crippen LogP contribution in [0.25, 0.3) is 0 Å². The van der Waals surface area contributed by atoms with Crippen LogP contribution in [0.1, 0.15) is 23.7 Å². The fraction of sp³-hybridized carbons (Fsp3) is 0.300. The van der Waals surface area contributed by atoms with E-state index in [0.29, 0.717) is 6.42 Å². The highest BCUT2D eigenvalue weighted by molar-refractivity contribution is 5.94. The first-order valence-corrected chi connectivity index (χ1v) is 8.89. The van der Waals surface area contributed by atoms with Crippen LogP contribution in [0.5, 0.6) is 0 Å². The number of carbonyl (C=O) groups excluding carboxylic acids is 3. The Labute approximate surface area is 157 Å². The largest absolute Gasteiger partial charge is 0.347 e. The Morgan fingerprint density at radius 1 is 1.15 bits per heavy atom. The number of nitrogens with one attached hydrogen (secondary N) is 3. The number of carbonyl (C=O) groups is 3. The maximum atomic E-state index is 12.4. The molecule has 3 N–H and O–H groups in total. The number of Topliss-reactive ketones (excluding diaryl/α,β-unsaturated/α-hetero) is 1. The van der Waals surface area contributed by atoms with Crippen LogP contribution < -0.4 is 16.0 Å². The second-order valence-corrected chi connectivity index (χ2v) is 6.45. The monoisotopic (exact) mass is 366 g/mol. The molecule has 1 fully saturated rings. The zero-order valence-corrected chi connectivity index (χ0v) is 14.9. The third kappa shape index (κ3) is 5.46. The van der Waals surface area contributed by atoms with Crippen LogP contribution in [0, 0.1) is 0 Å². The van der Waals surface area contributed by atoms with Crippen molar-refractivity contribution in [3.63, 3.8) is 0 Å². The lowest BCUT2D eigenvalue weighted by Crippen LogP contribution is -2.45. The quantitative estimate of drug-likeness (QED) is 0.664. The zero-order valence-electron chi connectivity index (χ0n) is 14.9. The number of pyridine rings is 1. The van der Waals surface area contributed by atoms with E-state index in [2.05, 4.69) is 20.9 Å². The van der Waals surface area contributed by atoms with Crippen molar-refractivity contribution < 1.29 is 14.4 Å². The van der Waals surface area contributed by atoms with E-state index in [1.54, 1.807) is 6.20 Å². The number of benzene rings is 1. The highest BCUT2D eigenvalue weighted by Gasteiger charge is 2.27. The summed E-state index contributed by atoms with van der Waals surface area (Å²) in [5.41, 5.74) is 1.83. The van der Waals surface area contributed by atoms with Gasteiger partial charge in [0.15, 0.2) is 0 Å². The van der Waals surface area contributed by atoms with Crippen molar-refractivity contribution >= 4 is 17.6 Å². The molecular weight excluding hydrogens is 344 g/mol. The summed E-state index contributed by atoms with van der Waals surface area (Å²) < 4.78 is 0. The Hall–Kier alpha value is -3.06. The normalized spacial score (nSPS) is 17.3. The van der Waals surface area contributed by atoms with E-state index in [-0.39, 0.29) is 43.1 Å². The lowest BCUT2D eigenvalue weighted by molar-refractivity contribution is -0.127. The molecule has 1 unspecified atom stereocenters. The van der Waals surface area contributed by atoms with Gasteiger partial charge in [-0.1, -0.05) is 36.4 Å². The van der Waals surface area contributed by atoms with Crippen molar-refractivity contribution in [3.05, 3.63) is 66.0 Å². The maximum Gasteiger partial charge on any atom is 0.239 e. The Kier molecular flexibility index (Phi) is 6.27. The third-order valence-corrected chi connectivity index (χ3v) is 4.39. The molecule has 0 saturated carbocycles. The molecule has 1 aromatic carbocycles. The molecule has 2 atom stereocenters. The molecule has 0 bridgehead atoms. The molecular formula is C20H22N4O3. The lowest BCUT2D eigenvalue weighted by Gasteiger charge is -2.19. The van der Waals surface area contributed by atoms with Gasteiger partial charge < -0.3 is 10.6 Å². The Morgan fingerprint density at radius 3 is 2.59 bits per heavy atom. The Bertz CT molecular complexity index is 795. The van der Waals surface area contributed by atoms with E-state index in [1.165, 1.54) is 0 Å². The highest BCUT2D eigenvalue weighted by atomic mass is 16.2. The van der Waals surface area contributed by atoms with Crippen LogP contribution in [0.3, 0.4) is 0 Å². The zero-order chi connectivity index (χ0) is 19.1. The van der Waals surface area contributed by atoms with Gasteiger partial charge in [0.1, 0.15) is 5.78 Å². The molecule has 7 heteroatoms. The van der Waals surface area contributed by atoms with Gasteiger partial charge in [-0.15, -0.1) is 0 Å². The van der Waals surface area contributed by atoms with Crippen LogP contribution in [0.15, 0.2) is 54.7 Å². The molecule has 1 saturated heterocycles. The summed E-state index contributed by atoms with van der Waals surface area (Å²) in [6.07, 6.45) is 2.43. The molecule has 7 nitrogen and oxygen atoms in total. The first-order valence-electron chi connectivity index (χ1n) is 8.89. The number of rotatable bonds is 7. The third-order valence-electron chi connectivity index (χ3n) is 4.39. The summed E-state index contributed by atoms with van der Waals surface area (Å²) >= 11 is 0. The minimum absolute atomic E-state index is 0.000829. The topological polar surface area (TPSA) is 100 Å². The molecule has 27 heavy (non-hydrogen) atoms. The number of nitrogens with zero attached hydrogens (tertiary/aromatic N) is 1. The SMILES string of the molecule is O=C1CN[C@H](C(=O)NCC(=O)NC(Cc2ccccn2)c2ccccc2)C1. The summed E-state index contributed by atoms with van der Waals surface area (Å²) in [5.74, 6) is -0.631. The van der Waals surface area contributed by atoms with Gasteiger partial charge >= 0.3 is 0 Å². The summed E-state index contributed by atoms with van der Waals surface area (Å²) in [7, 11) is 0. The predicted octanol–water partition coefficient (Wildman–Crippen LogP) is 0.529. The van der Waals surface area contributed by atoms with Gasteiger partial charge in [-0.3, -0.25) is 24.7 Å². The molecule has 3 rings (SSSR count). The van der Waals surface area contributed by atoms with Crippen LogP contribution >= 0.6 is 0 Å². The van der Waals surface area contributed by atoms with E-state index >= 15 is 0 Å². The van der Waals surface area contributed by atoms with Gasteiger partial charge in [-0.05, 0) is 17.7 Å². The summed E-state index contributed by atoms with van der Waals surface area (Å²) in [6, 6.07) is 14.5. The van der Waals surface area contributed by atoms with Gasteiger partial charge in [0.2, 0.25) is 11.8 Å². The minimum Gasteiger partial charge on any atom is -0.347 e. The van der Waals surface area contributed by atoms with E-state index in [1.807, 2.05) is 48.5 Å². The van der Waals surface area contributed by atoms with Gasteiger partial charge in [0.25, 0.3) is 0 Å². The van der Waals surface area contributed by atoms with Crippen molar-refractivity contribution in [2.75, 3.05) is 13.1 Å². The predicted molar refractivity (Wildman–Crippen MR) is 99.7 cm³/mol. The maximum absolute atomic E-state index is 12.4. The van der Waals surface area contributed by atoms with E-state index in [0.717, 1.165) is 11.3 Å². The molecule has 0 radical (unpaired) electrons. The second kappa shape index (κ2) is 9.05. The minimum atomic E-state index is -0.552. The average Bonchev–Trinajstić information content (AvgIpc) is 3.13. The lowest BCUT2D eigenvalue weighted by atomic mass is 10.0. The Balaban J connectivity index is 1.59. The first-order chi connectivity index (χ1) is 13.1. The van der Waals surface area contributed by atoms with Crippen molar-refractivity contribution in [2.24, 2.45) is 0 Å². The van der Waals surface area contributed by atoms with E-state index < -0.39 is 6.04 Å². The molecule has 140 valence electrons. The molecule has 0 spiro atoms. The fourth-order valence-electron chi connectivity index (χ4n) is 3.00. The summed E-state index contributed by atoms with van der Waals surface area (Å²) in [5, 5.41) is 8.37. The number of hydrogen-bond donors (Lipinski definition) is 3. The molecule has 1 aromatic heterocycles. The van der Waals surface area contributed by atoms with Gasteiger partial charge in [-0.2, -0.15) is 0 Å². The second-order valence-electron chi connectivity index (χ2n) is 6.45. The molecule has 2 heterocycles. The van der Waals surface area contributed by atoms with Gasteiger partial charge in [0, 0.05) is 24.7 Å². The molecule has 1 aliphatic rings.